The first-order chi connectivity index (χ1) is 8.52. The summed E-state index contributed by atoms with van der Waals surface area (Å²) in [5.74, 6) is 0. The van der Waals surface area contributed by atoms with E-state index in [4.69, 9.17) is 0 Å². The number of aryl methyl sites for hydroxylation is 1. The van der Waals surface area contributed by atoms with Crippen molar-refractivity contribution in [3.8, 4) is 0 Å². The largest absolute Gasteiger partial charge is 0.416 e. The van der Waals surface area contributed by atoms with Crippen LogP contribution < -0.4 is 4.90 Å². The Balaban J connectivity index is 2.27. The second-order valence-corrected chi connectivity index (χ2v) is 4.39. The first-order valence-corrected chi connectivity index (χ1v) is 5.91. The number of halogens is 3. The number of hydrogen-bond acceptors (Lipinski definition) is 2. The smallest absolute Gasteiger partial charge is 0.371 e. The van der Waals surface area contributed by atoms with Gasteiger partial charge in [0.1, 0.15) is 6.29 Å². The lowest BCUT2D eigenvalue weighted by Gasteiger charge is -2.31. The van der Waals surface area contributed by atoms with E-state index < -0.39 is 11.7 Å². The zero-order valence-corrected chi connectivity index (χ0v) is 9.83. The van der Waals surface area contributed by atoms with E-state index in [1.165, 1.54) is 12.1 Å². The average Bonchev–Trinajstić information content (AvgIpc) is 2.34. The Morgan fingerprint density at radius 1 is 1.33 bits per heavy atom. The fourth-order valence-corrected chi connectivity index (χ4v) is 2.29. The molecular weight excluding hydrogens is 243 g/mol. The lowest BCUT2D eigenvalue weighted by molar-refractivity contribution is -0.137. The van der Waals surface area contributed by atoms with E-state index in [1.54, 1.807) is 0 Å². The molecule has 18 heavy (non-hydrogen) atoms. The van der Waals surface area contributed by atoms with Crippen LogP contribution in [0.25, 0.3) is 0 Å². The molecule has 0 saturated carbocycles. The Kier molecular flexibility index (Phi) is 3.59. The van der Waals surface area contributed by atoms with Gasteiger partial charge in [0.25, 0.3) is 0 Å². The van der Waals surface area contributed by atoms with Crippen molar-refractivity contribution in [1.29, 1.82) is 0 Å². The molecule has 1 aliphatic rings. The topological polar surface area (TPSA) is 20.3 Å². The van der Waals surface area contributed by atoms with Gasteiger partial charge in [0.05, 0.1) is 5.56 Å². The summed E-state index contributed by atoms with van der Waals surface area (Å²) in [6.07, 6.45) is -1.57. The van der Waals surface area contributed by atoms with Gasteiger partial charge < -0.3 is 9.69 Å². The fourth-order valence-electron chi connectivity index (χ4n) is 2.29. The first-order valence-electron chi connectivity index (χ1n) is 5.91. The average molecular weight is 257 g/mol. The summed E-state index contributed by atoms with van der Waals surface area (Å²) >= 11 is 0. The molecule has 0 saturated heterocycles. The van der Waals surface area contributed by atoms with Crippen LogP contribution in [0.1, 0.15) is 24.0 Å². The summed E-state index contributed by atoms with van der Waals surface area (Å²) in [4.78, 5) is 12.3. The van der Waals surface area contributed by atoms with Crippen LogP contribution in [0.5, 0.6) is 0 Å². The molecule has 0 unspecified atom stereocenters. The molecule has 0 aliphatic carbocycles. The van der Waals surface area contributed by atoms with Crippen LogP contribution in [-0.4, -0.2) is 19.4 Å². The van der Waals surface area contributed by atoms with E-state index in [2.05, 4.69) is 0 Å². The van der Waals surface area contributed by atoms with Gasteiger partial charge in [-0.15, -0.1) is 0 Å². The molecule has 1 aromatic rings. The summed E-state index contributed by atoms with van der Waals surface area (Å²) in [6.45, 7) is 1.37. The molecule has 0 N–H and O–H groups in total. The number of carbonyl (C=O) groups is 1. The highest BCUT2D eigenvalue weighted by Crippen LogP contribution is 2.35. The van der Waals surface area contributed by atoms with Gasteiger partial charge in [-0.25, -0.2) is 0 Å². The standard InChI is InChI=1S/C13H14F3NO/c14-13(15,16)11-4-5-12-10(9-11)3-1-6-17(12)7-2-8-18/h4-5,8-9H,1-3,6-7H2. The summed E-state index contributed by atoms with van der Waals surface area (Å²) in [5, 5.41) is 0. The number of anilines is 1. The number of carbonyl (C=O) groups excluding carboxylic acids is 1. The highest BCUT2D eigenvalue weighted by Gasteiger charge is 2.31. The Morgan fingerprint density at radius 3 is 2.78 bits per heavy atom. The minimum atomic E-state index is -4.29. The molecule has 0 atom stereocenters. The SMILES string of the molecule is O=CCCN1CCCc2cc(C(F)(F)F)ccc21. The lowest BCUT2D eigenvalue weighted by atomic mass is 9.99. The molecule has 0 aromatic heterocycles. The van der Waals surface area contributed by atoms with E-state index in [0.717, 1.165) is 36.6 Å². The van der Waals surface area contributed by atoms with Crippen LogP contribution in [0.3, 0.4) is 0 Å². The third kappa shape index (κ3) is 2.66. The van der Waals surface area contributed by atoms with Gasteiger partial charge in [0, 0.05) is 25.2 Å². The van der Waals surface area contributed by atoms with Gasteiger partial charge in [0.2, 0.25) is 0 Å². The first kappa shape index (κ1) is 12.9. The molecule has 0 fully saturated rings. The van der Waals surface area contributed by atoms with E-state index >= 15 is 0 Å². The minimum absolute atomic E-state index is 0.403. The Morgan fingerprint density at radius 2 is 2.11 bits per heavy atom. The van der Waals surface area contributed by atoms with Gasteiger partial charge in [0.15, 0.2) is 0 Å². The summed E-state index contributed by atoms with van der Waals surface area (Å²) in [5.41, 5.74) is 0.955. The monoisotopic (exact) mass is 257 g/mol. The van der Waals surface area contributed by atoms with Gasteiger partial charge in [-0.3, -0.25) is 0 Å². The van der Waals surface area contributed by atoms with Gasteiger partial charge in [-0.2, -0.15) is 13.2 Å². The molecule has 2 rings (SSSR count). The van der Waals surface area contributed by atoms with Crippen molar-refractivity contribution in [3.63, 3.8) is 0 Å². The number of nitrogens with zero attached hydrogens (tertiary/aromatic N) is 1. The third-order valence-electron chi connectivity index (χ3n) is 3.14. The maximum absolute atomic E-state index is 12.6. The van der Waals surface area contributed by atoms with Crippen LogP contribution in [0.15, 0.2) is 18.2 Å². The van der Waals surface area contributed by atoms with Crippen molar-refractivity contribution in [2.45, 2.75) is 25.4 Å². The number of rotatable bonds is 3. The van der Waals surface area contributed by atoms with Crippen LogP contribution in [-0.2, 0) is 17.4 Å². The highest BCUT2D eigenvalue weighted by atomic mass is 19.4. The van der Waals surface area contributed by atoms with Crippen LogP contribution in [0.4, 0.5) is 18.9 Å². The molecule has 2 nitrogen and oxygen atoms in total. The predicted octanol–water partition coefficient (Wildman–Crippen LogP) is 3.05. The molecule has 0 bridgehead atoms. The maximum Gasteiger partial charge on any atom is 0.416 e. The van der Waals surface area contributed by atoms with Gasteiger partial charge >= 0.3 is 6.18 Å². The number of fused-ring (bicyclic) bond motifs is 1. The molecule has 1 aromatic carbocycles. The van der Waals surface area contributed by atoms with Gasteiger partial charge in [-0.1, -0.05) is 0 Å². The van der Waals surface area contributed by atoms with Crippen molar-refractivity contribution in [1.82, 2.24) is 0 Å². The number of alkyl halides is 3. The summed E-state index contributed by atoms with van der Waals surface area (Å²) in [6, 6.07) is 3.85. The molecule has 98 valence electrons. The van der Waals surface area contributed by atoms with Crippen LogP contribution >= 0.6 is 0 Å². The molecule has 1 heterocycles. The van der Waals surface area contributed by atoms with Crippen molar-refractivity contribution >= 4 is 12.0 Å². The molecular formula is C13H14F3NO. The summed E-state index contributed by atoms with van der Waals surface area (Å²) in [7, 11) is 0. The van der Waals surface area contributed by atoms with Gasteiger partial charge in [-0.05, 0) is 36.6 Å². The number of benzene rings is 1. The maximum atomic E-state index is 12.6. The molecule has 1 aliphatic heterocycles. The van der Waals surface area contributed by atoms with E-state index in [1.807, 2.05) is 4.90 Å². The van der Waals surface area contributed by atoms with Crippen LogP contribution in [0, 0.1) is 0 Å². The Labute approximate surface area is 103 Å². The fraction of sp³-hybridized carbons (Fsp3) is 0.462. The molecule has 0 spiro atoms. The van der Waals surface area contributed by atoms with Crippen molar-refractivity contribution in [2.75, 3.05) is 18.0 Å². The number of aldehydes is 1. The van der Waals surface area contributed by atoms with Crippen molar-refractivity contribution in [2.24, 2.45) is 0 Å². The highest BCUT2D eigenvalue weighted by molar-refractivity contribution is 5.59. The second kappa shape index (κ2) is 5.00. The third-order valence-corrected chi connectivity index (χ3v) is 3.14. The van der Waals surface area contributed by atoms with Crippen molar-refractivity contribution < 1.29 is 18.0 Å². The number of hydrogen-bond donors (Lipinski definition) is 0. The molecule has 5 heteroatoms. The lowest BCUT2D eigenvalue weighted by Crippen LogP contribution is -2.30. The zero-order valence-electron chi connectivity index (χ0n) is 9.83. The summed E-state index contributed by atoms with van der Waals surface area (Å²) < 4.78 is 37.8. The van der Waals surface area contributed by atoms with E-state index in [9.17, 15) is 18.0 Å². The molecule has 0 radical (unpaired) electrons. The predicted molar refractivity (Wildman–Crippen MR) is 62.7 cm³/mol. The van der Waals surface area contributed by atoms with E-state index in [0.29, 0.717) is 19.4 Å². The quantitative estimate of drug-likeness (QED) is 0.776. The second-order valence-electron chi connectivity index (χ2n) is 4.39. The molecule has 0 amide bonds. The van der Waals surface area contributed by atoms with Crippen molar-refractivity contribution in [3.05, 3.63) is 29.3 Å². The van der Waals surface area contributed by atoms with Crippen LogP contribution in [0.2, 0.25) is 0 Å². The Bertz CT molecular complexity index is 442. The van der Waals surface area contributed by atoms with E-state index in [-0.39, 0.29) is 0 Å². The zero-order chi connectivity index (χ0) is 13.2. The Hall–Kier alpha value is -1.52. The normalized spacial score (nSPS) is 15.4. The minimum Gasteiger partial charge on any atom is -0.371 e.